The van der Waals surface area contributed by atoms with Gasteiger partial charge >= 0.3 is 0 Å². The molecule has 40 heavy (non-hydrogen) atoms. The lowest BCUT2D eigenvalue weighted by atomic mass is 9.94. The number of likely N-dealkylation sites (tertiary alicyclic amines) is 1. The average Bonchev–Trinajstić information content (AvgIpc) is 3.55. The van der Waals surface area contributed by atoms with E-state index in [2.05, 4.69) is 13.8 Å². The van der Waals surface area contributed by atoms with E-state index in [0.717, 1.165) is 6.42 Å². The molecule has 2 aliphatic rings. The van der Waals surface area contributed by atoms with Gasteiger partial charge in [0.1, 0.15) is 24.7 Å². The summed E-state index contributed by atoms with van der Waals surface area (Å²) in [5.74, 6) is 1.21. The van der Waals surface area contributed by atoms with Gasteiger partial charge in [-0.1, -0.05) is 19.9 Å². The molecule has 0 bridgehead atoms. The maximum Gasteiger partial charge on any atom is 0.296 e. The highest BCUT2D eigenvalue weighted by atomic mass is 16.6. The van der Waals surface area contributed by atoms with Crippen LogP contribution in [0.5, 0.6) is 23.0 Å². The van der Waals surface area contributed by atoms with E-state index >= 15 is 0 Å². The number of rotatable bonds is 10. The quantitative estimate of drug-likeness (QED) is 0.202. The van der Waals surface area contributed by atoms with Crippen LogP contribution < -0.4 is 18.9 Å². The minimum atomic E-state index is -0.901. The lowest BCUT2D eigenvalue weighted by Gasteiger charge is -2.25. The van der Waals surface area contributed by atoms with Crippen molar-refractivity contribution in [2.24, 2.45) is 5.92 Å². The molecular formula is C31H33NO8. The molecule has 2 aromatic carbocycles. The first-order chi connectivity index (χ1) is 19.4. The number of nitrogens with zero attached hydrogens (tertiary/aromatic N) is 1. The number of hydrogen-bond acceptors (Lipinski definition) is 8. The molecule has 0 saturated carbocycles. The molecule has 1 N–H and O–H groups in total. The van der Waals surface area contributed by atoms with Crippen LogP contribution >= 0.6 is 0 Å². The van der Waals surface area contributed by atoms with Crippen molar-refractivity contribution in [3.63, 3.8) is 0 Å². The number of aliphatic hydroxyl groups excluding tert-OH is 1. The number of fused-ring (bicyclic) bond motifs is 1. The Hall–Kier alpha value is -4.40. The third-order valence-corrected chi connectivity index (χ3v) is 6.80. The number of hydrogen-bond donors (Lipinski definition) is 1. The van der Waals surface area contributed by atoms with Crippen LogP contribution in [-0.4, -0.2) is 48.1 Å². The van der Waals surface area contributed by atoms with E-state index in [1.165, 1.54) is 11.2 Å². The summed E-state index contributed by atoms with van der Waals surface area (Å²) >= 11 is 0. The molecular weight excluding hydrogens is 514 g/mol. The standard InChI is InChI=1S/C31H33NO8/c1-4-36-25-16-20(7-9-23(25)38-13-11-19(2)3)28-27(30(34)31(35)32(28)18-22-6-5-12-37-22)29(33)21-8-10-24-26(17-21)40-15-14-39-24/h5-10,12,16-17,19,28,33H,4,11,13-15,18H2,1-3H3/t28-/m0/s1. The van der Waals surface area contributed by atoms with Gasteiger partial charge in [0.15, 0.2) is 23.0 Å². The number of ketones is 1. The molecule has 0 radical (unpaired) electrons. The number of carbonyl (C=O) groups excluding carboxylic acids is 2. The van der Waals surface area contributed by atoms with Crippen molar-refractivity contribution in [3.8, 4) is 23.0 Å². The minimum absolute atomic E-state index is 0.0378. The van der Waals surface area contributed by atoms with Crippen LogP contribution in [0.4, 0.5) is 0 Å². The van der Waals surface area contributed by atoms with Gasteiger partial charge in [-0.05, 0) is 67.3 Å². The van der Waals surface area contributed by atoms with E-state index in [4.69, 9.17) is 23.4 Å². The Morgan fingerprint density at radius 2 is 1.82 bits per heavy atom. The SMILES string of the molecule is CCOc1cc([C@H]2C(=C(O)c3ccc4c(c3)OCCO4)C(=O)C(=O)N2Cc2ccco2)ccc1OCCC(C)C. The van der Waals surface area contributed by atoms with E-state index < -0.39 is 17.7 Å². The summed E-state index contributed by atoms with van der Waals surface area (Å²) in [7, 11) is 0. The second kappa shape index (κ2) is 11.8. The van der Waals surface area contributed by atoms with Crippen molar-refractivity contribution in [3.05, 3.63) is 77.3 Å². The molecule has 1 saturated heterocycles. The fourth-order valence-corrected chi connectivity index (χ4v) is 4.79. The van der Waals surface area contributed by atoms with Gasteiger partial charge in [-0.15, -0.1) is 0 Å². The van der Waals surface area contributed by atoms with Crippen LogP contribution in [-0.2, 0) is 16.1 Å². The average molecular weight is 548 g/mol. The van der Waals surface area contributed by atoms with Gasteiger partial charge in [-0.3, -0.25) is 9.59 Å². The van der Waals surface area contributed by atoms with Crippen LogP contribution in [0.25, 0.3) is 5.76 Å². The second-order valence-electron chi connectivity index (χ2n) is 10.0. The Morgan fingerprint density at radius 1 is 1.02 bits per heavy atom. The number of carbonyl (C=O) groups is 2. The van der Waals surface area contributed by atoms with Crippen LogP contribution in [0.15, 0.2) is 64.8 Å². The molecule has 3 aromatic rings. The maximum absolute atomic E-state index is 13.5. The minimum Gasteiger partial charge on any atom is -0.507 e. The summed E-state index contributed by atoms with van der Waals surface area (Å²) in [6, 6.07) is 12.8. The zero-order valence-electron chi connectivity index (χ0n) is 22.8. The van der Waals surface area contributed by atoms with E-state index in [1.54, 1.807) is 48.5 Å². The predicted molar refractivity (Wildman–Crippen MR) is 147 cm³/mol. The highest BCUT2D eigenvalue weighted by molar-refractivity contribution is 6.46. The Bertz CT molecular complexity index is 1410. The molecule has 0 spiro atoms. The van der Waals surface area contributed by atoms with E-state index in [9.17, 15) is 14.7 Å². The van der Waals surface area contributed by atoms with E-state index in [-0.39, 0.29) is 17.9 Å². The number of benzene rings is 2. The van der Waals surface area contributed by atoms with Gasteiger partial charge in [0.2, 0.25) is 0 Å². The Morgan fingerprint density at radius 3 is 2.55 bits per heavy atom. The molecule has 1 amide bonds. The molecule has 0 unspecified atom stereocenters. The Labute approximate surface area is 232 Å². The largest absolute Gasteiger partial charge is 0.507 e. The zero-order chi connectivity index (χ0) is 28.2. The van der Waals surface area contributed by atoms with Crippen LogP contribution in [0.3, 0.4) is 0 Å². The summed E-state index contributed by atoms with van der Waals surface area (Å²) in [6.45, 7) is 7.88. The molecule has 5 rings (SSSR count). The van der Waals surface area contributed by atoms with Crippen molar-refractivity contribution < 1.29 is 38.1 Å². The summed E-state index contributed by atoms with van der Waals surface area (Å²) in [4.78, 5) is 28.2. The lowest BCUT2D eigenvalue weighted by Crippen LogP contribution is -2.29. The zero-order valence-corrected chi connectivity index (χ0v) is 22.8. The van der Waals surface area contributed by atoms with Crippen molar-refractivity contribution in [1.82, 2.24) is 4.90 Å². The van der Waals surface area contributed by atoms with Crippen molar-refractivity contribution in [2.45, 2.75) is 39.8 Å². The normalized spacial score (nSPS) is 17.9. The molecule has 0 aliphatic carbocycles. The molecule has 210 valence electrons. The first-order valence-electron chi connectivity index (χ1n) is 13.5. The first kappa shape index (κ1) is 27.2. The van der Waals surface area contributed by atoms with Crippen molar-refractivity contribution >= 4 is 17.4 Å². The van der Waals surface area contributed by atoms with Crippen LogP contribution in [0.2, 0.25) is 0 Å². The summed E-state index contributed by atoms with van der Waals surface area (Å²) < 4.78 is 28.6. The second-order valence-corrected chi connectivity index (χ2v) is 10.0. The summed E-state index contributed by atoms with van der Waals surface area (Å²) in [5.41, 5.74) is 0.887. The van der Waals surface area contributed by atoms with Gasteiger partial charge in [0.05, 0.1) is 37.6 Å². The molecule has 1 aromatic heterocycles. The third kappa shape index (κ3) is 5.50. The monoisotopic (exact) mass is 547 g/mol. The van der Waals surface area contributed by atoms with Crippen molar-refractivity contribution in [1.29, 1.82) is 0 Å². The molecule has 2 aliphatic heterocycles. The smallest absolute Gasteiger partial charge is 0.296 e. The van der Waals surface area contributed by atoms with Gasteiger partial charge in [-0.2, -0.15) is 0 Å². The maximum atomic E-state index is 13.5. The highest BCUT2D eigenvalue weighted by Crippen LogP contribution is 2.44. The third-order valence-electron chi connectivity index (χ3n) is 6.80. The highest BCUT2D eigenvalue weighted by Gasteiger charge is 2.46. The Balaban J connectivity index is 1.59. The fourth-order valence-electron chi connectivity index (χ4n) is 4.79. The topological polar surface area (TPSA) is 108 Å². The summed E-state index contributed by atoms with van der Waals surface area (Å²) in [5, 5.41) is 11.5. The molecule has 9 nitrogen and oxygen atoms in total. The fraction of sp³-hybridized carbons (Fsp3) is 0.355. The van der Waals surface area contributed by atoms with Gasteiger partial charge in [0, 0.05) is 5.56 Å². The number of Topliss-reactive ketones (excluding diaryl/α,β-unsaturated/α-hetero) is 1. The molecule has 1 atom stereocenters. The first-order valence-corrected chi connectivity index (χ1v) is 13.5. The summed E-state index contributed by atoms with van der Waals surface area (Å²) in [6.07, 6.45) is 2.39. The van der Waals surface area contributed by atoms with Crippen LogP contribution in [0.1, 0.15) is 50.1 Å². The number of ether oxygens (including phenoxy) is 4. The molecule has 9 heteroatoms. The van der Waals surface area contributed by atoms with Gasteiger partial charge < -0.3 is 33.4 Å². The van der Waals surface area contributed by atoms with E-state index in [1.807, 2.05) is 6.92 Å². The predicted octanol–water partition coefficient (Wildman–Crippen LogP) is 5.50. The van der Waals surface area contributed by atoms with Gasteiger partial charge in [-0.25, -0.2) is 0 Å². The number of aliphatic hydroxyl groups is 1. The molecule has 3 heterocycles. The van der Waals surface area contributed by atoms with Crippen molar-refractivity contribution in [2.75, 3.05) is 26.4 Å². The Kier molecular flexibility index (Phi) is 8.00. The van der Waals surface area contributed by atoms with Gasteiger partial charge in [0.25, 0.3) is 11.7 Å². The number of amides is 1. The molecule has 1 fully saturated rings. The lowest BCUT2D eigenvalue weighted by molar-refractivity contribution is -0.140. The van der Waals surface area contributed by atoms with E-state index in [0.29, 0.717) is 72.2 Å². The van der Waals surface area contributed by atoms with Crippen LogP contribution in [0, 0.1) is 5.92 Å². The number of furan rings is 1.